The van der Waals surface area contributed by atoms with Crippen LogP contribution >= 0.6 is 15.9 Å². The maximum atomic E-state index is 12.9. The van der Waals surface area contributed by atoms with Crippen LogP contribution in [0.3, 0.4) is 0 Å². The van der Waals surface area contributed by atoms with Gasteiger partial charge < -0.3 is 5.32 Å². The topological polar surface area (TPSA) is 40.7 Å². The molecule has 114 valence electrons. The third-order valence-electron chi connectivity index (χ3n) is 3.16. The van der Waals surface area contributed by atoms with Crippen molar-refractivity contribution in [3.8, 4) is 0 Å². The maximum absolute atomic E-state index is 12.9. The first kappa shape index (κ1) is 15.9. The summed E-state index contributed by atoms with van der Waals surface area (Å²) in [6.07, 6.45) is -1.12. The van der Waals surface area contributed by atoms with E-state index in [-0.39, 0.29) is 5.69 Å². The normalized spacial score (nSPS) is 11.7. The van der Waals surface area contributed by atoms with Crippen LogP contribution in [0.2, 0.25) is 0 Å². The average Bonchev–Trinajstić information content (AvgIpc) is 2.79. The highest BCUT2D eigenvalue weighted by molar-refractivity contribution is 9.10. The number of rotatable bonds is 5. The van der Waals surface area contributed by atoms with Gasteiger partial charge in [-0.25, -0.2) is 0 Å². The lowest BCUT2D eigenvalue weighted by atomic mass is 10.1. The quantitative estimate of drug-likeness (QED) is 0.767. The van der Waals surface area contributed by atoms with E-state index in [1.54, 1.807) is 6.20 Å². The summed E-state index contributed by atoms with van der Waals surface area (Å²) in [5.41, 5.74) is 1.53. The number of aromatic nitrogens is 2. The summed E-state index contributed by atoms with van der Waals surface area (Å²) in [6, 6.07) is 3.92. The monoisotopic (exact) mass is 361 g/mol. The minimum absolute atomic E-state index is 0.0980. The second-order valence-electron chi connectivity index (χ2n) is 4.74. The van der Waals surface area contributed by atoms with Gasteiger partial charge in [-0.05, 0) is 43.5 Å². The van der Waals surface area contributed by atoms with Gasteiger partial charge in [-0.1, -0.05) is 15.9 Å². The predicted molar refractivity (Wildman–Crippen MR) is 79.3 cm³/mol. The number of benzene rings is 1. The van der Waals surface area contributed by atoms with Crippen molar-refractivity contribution in [2.24, 2.45) is 0 Å². The zero-order chi connectivity index (χ0) is 15.5. The zero-order valence-corrected chi connectivity index (χ0v) is 13.0. The standard InChI is InChI=1S/C14H15BrF3N3/c1-9-10(8-20-21-9)3-2-6-19-13-7-11(15)4-5-12(13)14(16,17)18/h4-5,7-8,19H,2-3,6H2,1H3,(H,20,21). The molecule has 21 heavy (non-hydrogen) atoms. The Kier molecular flexibility index (Phi) is 4.92. The lowest BCUT2D eigenvalue weighted by Gasteiger charge is -2.15. The van der Waals surface area contributed by atoms with Crippen LogP contribution in [0.1, 0.15) is 23.2 Å². The van der Waals surface area contributed by atoms with E-state index in [2.05, 4.69) is 31.4 Å². The number of aryl methyl sites for hydroxylation is 2. The molecule has 2 N–H and O–H groups in total. The number of anilines is 1. The molecule has 7 heteroatoms. The number of nitrogens with one attached hydrogen (secondary N) is 2. The molecule has 0 spiro atoms. The number of alkyl halides is 3. The summed E-state index contributed by atoms with van der Waals surface area (Å²) >= 11 is 3.19. The molecule has 0 saturated carbocycles. The largest absolute Gasteiger partial charge is 0.418 e. The Morgan fingerprint density at radius 3 is 2.71 bits per heavy atom. The average molecular weight is 362 g/mol. The molecule has 0 amide bonds. The number of nitrogens with zero attached hydrogens (tertiary/aromatic N) is 1. The van der Waals surface area contributed by atoms with E-state index in [0.717, 1.165) is 30.2 Å². The van der Waals surface area contributed by atoms with Crippen LogP contribution in [0.4, 0.5) is 18.9 Å². The van der Waals surface area contributed by atoms with E-state index in [0.29, 0.717) is 11.0 Å². The Balaban J connectivity index is 1.97. The van der Waals surface area contributed by atoms with Crippen molar-refractivity contribution in [1.29, 1.82) is 0 Å². The molecule has 0 fully saturated rings. The SMILES string of the molecule is Cc1[nH]ncc1CCCNc1cc(Br)ccc1C(F)(F)F. The molecule has 1 aromatic heterocycles. The van der Waals surface area contributed by atoms with Crippen molar-refractivity contribution in [1.82, 2.24) is 10.2 Å². The minimum Gasteiger partial charge on any atom is -0.385 e. The lowest BCUT2D eigenvalue weighted by Crippen LogP contribution is -2.12. The molecule has 1 aromatic carbocycles. The van der Waals surface area contributed by atoms with Gasteiger partial charge in [0.2, 0.25) is 0 Å². The van der Waals surface area contributed by atoms with Gasteiger partial charge in [-0.2, -0.15) is 18.3 Å². The van der Waals surface area contributed by atoms with Crippen molar-refractivity contribution in [2.45, 2.75) is 25.9 Å². The smallest absolute Gasteiger partial charge is 0.385 e. The van der Waals surface area contributed by atoms with E-state index in [4.69, 9.17) is 0 Å². The first-order valence-electron chi connectivity index (χ1n) is 6.47. The predicted octanol–water partition coefficient (Wildman–Crippen LogP) is 4.54. The van der Waals surface area contributed by atoms with Crippen molar-refractivity contribution >= 4 is 21.6 Å². The highest BCUT2D eigenvalue weighted by Crippen LogP contribution is 2.36. The molecule has 0 aliphatic heterocycles. The van der Waals surface area contributed by atoms with E-state index in [9.17, 15) is 13.2 Å². The number of halogens is 4. The van der Waals surface area contributed by atoms with Gasteiger partial charge in [0.15, 0.2) is 0 Å². The van der Waals surface area contributed by atoms with E-state index < -0.39 is 11.7 Å². The molecule has 0 unspecified atom stereocenters. The second kappa shape index (κ2) is 6.51. The molecule has 3 nitrogen and oxygen atoms in total. The van der Waals surface area contributed by atoms with Gasteiger partial charge >= 0.3 is 6.18 Å². The summed E-state index contributed by atoms with van der Waals surface area (Å²) < 4.78 is 39.3. The molecule has 0 aliphatic carbocycles. The first-order chi connectivity index (χ1) is 9.88. The Hall–Kier alpha value is -1.50. The zero-order valence-electron chi connectivity index (χ0n) is 11.4. The van der Waals surface area contributed by atoms with Crippen LogP contribution in [0.5, 0.6) is 0 Å². The van der Waals surface area contributed by atoms with Gasteiger partial charge in [0, 0.05) is 22.4 Å². The molecule has 2 aromatic rings. The van der Waals surface area contributed by atoms with Crippen molar-refractivity contribution < 1.29 is 13.2 Å². The van der Waals surface area contributed by atoms with Crippen molar-refractivity contribution in [3.05, 3.63) is 45.7 Å². The molecule has 0 radical (unpaired) electrons. The van der Waals surface area contributed by atoms with Crippen molar-refractivity contribution in [2.75, 3.05) is 11.9 Å². The molecule has 0 atom stereocenters. The molecular weight excluding hydrogens is 347 g/mol. The summed E-state index contributed by atoms with van der Waals surface area (Å²) in [7, 11) is 0. The van der Waals surface area contributed by atoms with E-state index in [1.165, 1.54) is 12.1 Å². The fraction of sp³-hybridized carbons (Fsp3) is 0.357. The lowest BCUT2D eigenvalue weighted by molar-refractivity contribution is -0.137. The van der Waals surface area contributed by atoms with Crippen LogP contribution < -0.4 is 5.32 Å². The van der Waals surface area contributed by atoms with Crippen LogP contribution in [0.25, 0.3) is 0 Å². The molecule has 2 rings (SSSR count). The van der Waals surface area contributed by atoms with Gasteiger partial charge in [0.1, 0.15) is 0 Å². The van der Waals surface area contributed by atoms with Crippen LogP contribution in [-0.4, -0.2) is 16.7 Å². The third kappa shape index (κ3) is 4.23. The Morgan fingerprint density at radius 1 is 1.33 bits per heavy atom. The third-order valence-corrected chi connectivity index (χ3v) is 3.65. The van der Waals surface area contributed by atoms with Crippen LogP contribution in [-0.2, 0) is 12.6 Å². The highest BCUT2D eigenvalue weighted by atomic mass is 79.9. The van der Waals surface area contributed by atoms with Crippen LogP contribution in [0.15, 0.2) is 28.9 Å². The van der Waals surface area contributed by atoms with Gasteiger partial charge in [-0.3, -0.25) is 5.10 Å². The Labute approximate surface area is 129 Å². The summed E-state index contributed by atoms with van der Waals surface area (Å²) in [6.45, 7) is 2.38. The molecular formula is C14H15BrF3N3. The fourth-order valence-electron chi connectivity index (χ4n) is 2.04. The highest BCUT2D eigenvalue weighted by Gasteiger charge is 2.33. The second-order valence-corrected chi connectivity index (χ2v) is 5.65. The fourth-order valence-corrected chi connectivity index (χ4v) is 2.40. The van der Waals surface area contributed by atoms with Crippen LogP contribution in [0, 0.1) is 6.92 Å². The Morgan fingerprint density at radius 2 is 2.10 bits per heavy atom. The number of hydrogen-bond donors (Lipinski definition) is 2. The molecule has 0 saturated heterocycles. The molecule has 0 bridgehead atoms. The van der Waals surface area contributed by atoms with Gasteiger partial charge in [-0.15, -0.1) is 0 Å². The summed E-state index contributed by atoms with van der Waals surface area (Å²) in [4.78, 5) is 0. The molecule has 1 heterocycles. The van der Waals surface area contributed by atoms with Gasteiger partial charge in [0.05, 0.1) is 11.8 Å². The summed E-state index contributed by atoms with van der Waals surface area (Å²) in [5.74, 6) is 0. The number of hydrogen-bond acceptors (Lipinski definition) is 2. The summed E-state index contributed by atoms with van der Waals surface area (Å²) in [5, 5.41) is 9.62. The Bertz CT molecular complexity index is 608. The van der Waals surface area contributed by atoms with E-state index >= 15 is 0 Å². The number of aromatic amines is 1. The number of H-pyrrole nitrogens is 1. The minimum atomic E-state index is -4.36. The van der Waals surface area contributed by atoms with E-state index in [1.807, 2.05) is 6.92 Å². The molecule has 0 aliphatic rings. The maximum Gasteiger partial charge on any atom is 0.418 e. The van der Waals surface area contributed by atoms with Crippen molar-refractivity contribution in [3.63, 3.8) is 0 Å². The van der Waals surface area contributed by atoms with Gasteiger partial charge in [0.25, 0.3) is 0 Å². The first-order valence-corrected chi connectivity index (χ1v) is 7.26.